The third-order valence-corrected chi connectivity index (χ3v) is 5.01. The van der Waals surface area contributed by atoms with Crippen LogP contribution in [-0.2, 0) is 0 Å². The number of alkyl halides is 5. The standard InChI is InChI=1S/C18H25F5OS2/c1-9(2)12-7-13(10(3)4)15(14(8-12)11(5)6)24-26-16(19)17(20,21)18(22,23)25/h7-11,16,25H,1-6H3. The molecule has 1 aromatic rings. The van der Waals surface area contributed by atoms with Crippen molar-refractivity contribution in [2.24, 2.45) is 0 Å². The second kappa shape index (κ2) is 8.59. The molecule has 0 aliphatic rings. The van der Waals surface area contributed by atoms with Gasteiger partial charge >= 0.3 is 11.2 Å². The molecular weight excluding hydrogens is 391 g/mol. The number of rotatable bonds is 8. The van der Waals surface area contributed by atoms with E-state index in [-0.39, 0.29) is 35.5 Å². The van der Waals surface area contributed by atoms with E-state index < -0.39 is 16.7 Å². The lowest BCUT2D eigenvalue weighted by Crippen LogP contribution is -2.43. The van der Waals surface area contributed by atoms with E-state index in [2.05, 4.69) is 12.6 Å². The number of hydrogen-bond acceptors (Lipinski definition) is 3. The summed E-state index contributed by atoms with van der Waals surface area (Å²) in [6, 6.07) is 3.77. The van der Waals surface area contributed by atoms with E-state index in [0.29, 0.717) is 0 Å². The van der Waals surface area contributed by atoms with Gasteiger partial charge in [-0.1, -0.05) is 66.3 Å². The van der Waals surface area contributed by atoms with Gasteiger partial charge in [0, 0.05) is 0 Å². The first-order chi connectivity index (χ1) is 11.7. The molecule has 1 atom stereocenters. The highest BCUT2D eigenvalue weighted by molar-refractivity contribution is 7.95. The molecule has 8 heteroatoms. The Morgan fingerprint density at radius 1 is 0.885 bits per heavy atom. The fraction of sp³-hybridized carbons (Fsp3) is 0.667. The molecule has 0 spiro atoms. The Balaban J connectivity index is 3.27. The molecule has 0 saturated heterocycles. The summed E-state index contributed by atoms with van der Waals surface area (Å²) in [5.41, 5.74) is -0.778. The smallest absolute Gasteiger partial charge is 0.362 e. The second-order valence-corrected chi connectivity index (χ2v) is 8.49. The average Bonchev–Trinajstić information content (AvgIpc) is 2.49. The van der Waals surface area contributed by atoms with Crippen LogP contribution in [0.2, 0.25) is 0 Å². The summed E-state index contributed by atoms with van der Waals surface area (Å²) >= 11 is 2.20. The number of halogens is 5. The van der Waals surface area contributed by atoms with Crippen LogP contribution in [0.15, 0.2) is 12.1 Å². The Kier molecular flexibility index (Phi) is 7.73. The Bertz CT molecular complexity index is 583. The average molecular weight is 417 g/mol. The van der Waals surface area contributed by atoms with Crippen molar-refractivity contribution in [1.29, 1.82) is 0 Å². The Labute approximate surface area is 161 Å². The van der Waals surface area contributed by atoms with E-state index in [1.807, 2.05) is 53.7 Å². The van der Waals surface area contributed by atoms with Crippen LogP contribution in [0, 0.1) is 0 Å². The molecule has 0 aliphatic heterocycles. The van der Waals surface area contributed by atoms with Crippen LogP contribution >= 0.6 is 24.7 Å². The van der Waals surface area contributed by atoms with E-state index in [1.165, 1.54) is 0 Å². The predicted molar refractivity (Wildman–Crippen MR) is 101 cm³/mol. The van der Waals surface area contributed by atoms with Gasteiger partial charge in [-0.25, -0.2) is 4.39 Å². The largest absolute Gasteiger partial charge is 0.422 e. The van der Waals surface area contributed by atoms with Crippen LogP contribution in [-0.4, -0.2) is 16.7 Å². The van der Waals surface area contributed by atoms with Crippen molar-refractivity contribution in [3.63, 3.8) is 0 Å². The van der Waals surface area contributed by atoms with E-state index in [4.69, 9.17) is 4.18 Å². The number of thiol groups is 1. The topological polar surface area (TPSA) is 9.23 Å². The summed E-state index contributed by atoms with van der Waals surface area (Å²) < 4.78 is 71.6. The molecule has 0 bridgehead atoms. The maximum atomic E-state index is 13.8. The van der Waals surface area contributed by atoms with Crippen molar-refractivity contribution >= 4 is 24.7 Å². The van der Waals surface area contributed by atoms with Gasteiger partial charge in [0.1, 0.15) is 17.8 Å². The van der Waals surface area contributed by atoms with Gasteiger partial charge in [-0.05, 0) is 34.4 Å². The van der Waals surface area contributed by atoms with Gasteiger partial charge < -0.3 is 4.18 Å². The highest BCUT2D eigenvalue weighted by Crippen LogP contribution is 2.46. The molecule has 0 radical (unpaired) electrons. The molecule has 0 saturated carbocycles. The van der Waals surface area contributed by atoms with Gasteiger partial charge in [-0.2, -0.15) is 17.6 Å². The molecule has 0 aliphatic carbocycles. The van der Waals surface area contributed by atoms with Crippen molar-refractivity contribution in [2.45, 2.75) is 76.0 Å². The summed E-state index contributed by atoms with van der Waals surface area (Å²) in [4.78, 5) is 0. The summed E-state index contributed by atoms with van der Waals surface area (Å²) in [6.45, 7) is 11.6. The molecule has 1 unspecified atom stereocenters. The van der Waals surface area contributed by atoms with Gasteiger partial charge in [-0.3, -0.25) is 0 Å². The van der Waals surface area contributed by atoms with Crippen molar-refractivity contribution in [2.75, 3.05) is 0 Å². The summed E-state index contributed by atoms with van der Waals surface area (Å²) in [7, 11) is 0. The van der Waals surface area contributed by atoms with E-state index in [1.54, 1.807) is 0 Å². The van der Waals surface area contributed by atoms with Gasteiger partial charge in [0.15, 0.2) is 0 Å². The summed E-state index contributed by atoms with van der Waals surface area (Å²) in [5.74, 6) is -4.52. The second-order valence-electron chi connectivity index (χ2n) is 7.15. The highest BCUT2D eigenvalue weighted by atomic mass is 32.2. The van der Waals surface area contributed by atoms with E-state index >= 15 is 0 Å². The van der Waals surface area contributed by atoms with E-state index in [9.17, 15) is 22.0 Å². The number of benzene rings is 1. The molecule has 0 N–H and O–H groups in total. The highest BCUT2D eigenvalue weighted by Gasteiger charge is 2.61. The first-order valence-electron chi connectivity index (χ1n) is 8.33. The van der Waals surface area contributed by atoms with Crippen LogP contribution in [0.25, 0.3) is 0 Å². The van der Waals surface area contributed by atoms with Crippen LogP contribution in [0.5, 0.6) is 5.75 Å². The van der Waals surface area contributed by atoms with Gasteiger partial charge in [-0.15, -0.1) is 0 Å². The molecule has 1 aromatic carbocycles. The van der Waals surface area contributed by atoms with Crippen molar-refractivity contribution in [3.8, 4) is 5.75 Å². The zero-order valence-corrected chi connectivity index (χ0v) is 17.3. The molecule has 0 heterocycles. The van der Waals surface area contributed by atoms with Crippen molar-refractivity contribution in [3.05, 3.63) is 28.8 Å². The van der Waals surface area contributed by atoms with Gasteiger partial charge in [0.05, 0.1) is 0 Å². The molecule has 0 aromatic heterocycles. The lowest BCUT2D eigenvalue weighted by molar-refractivity contribution is -0.169. The van der Waals surface area contributed by atoms with Gasteiger partial charge in [0.2, 0.25) is 0 Å². The minimum absolute atomic E-state index is 0.0216. The lowest BCUT2D eigenvalue weighted by Gasteiger charge is -2.26. The quantitative estimate of drug-likeness (QED) is 0.266. The molecule has 0 fully saturated rings. The Hall–Kier alpha value is -0.630. The molecular formula is C18H25F5OS2. The number of hydrogen-bond donors (Lipinski definition) is 1. The third-order valence-electron chi connectivity index (χ3n) is 3.98. The fourth-order valence-corrected chi connectivity index (χ4v) is 3.12. The maximum absolute atomic E-state index is 13.8. The minimum Gasteiger partial charge on any atom is -0.422 e. The normalized spacial score (nSPS) is 14.4. The van der Waals surface area contributed by atoms with E-state index in [0.717, 1.165) is 16.7 Å². The first-order valence-corrected chi connectivity index (χ1v) is 9.58. The zero-order chi connectivity index (χ0) is 20.4. The fourth-order valence-electron chi connectivity index (χ4n) is 2.27. The molecule has 26 heavy (non-hydrogen) atoms. The first kappa shape index (κ1) is 23.4. The molecule has 0 amide bonds. The van der Waals surface area contributed by atoms with Crippen molar-refractivity contribution < 1.29 is 26.1 Å². The van der Waals surface area contributed by atoms with Crippen LogP contribution in [0.1, 0.15) is 76.0 Å². The minimum atomic E-state index is -4.96. The maximum Gasteiger partial charge on any atom is 0.362 e. The van der Waals surface area contributed by atoms with Crippen LogP contribution < -0.4 is 4.18 Å². The van der Waals surface area contributed by atoms with Gasteiger partial charge in [0.25, 0.3) is 5.50 Å². The van der Waals surface area contributed by atoms with Crippen LogP contribution in [0.4, 0.5) is 22.0 Å². The Morgan fingerprint density at radius 3 is 1.62 bits per heavy atom. The summed E-state index contributed by atoms with van der Waals surface area (Å²) in [6.07, 6.45) is 0. The van der Waals surface area contributed by atoms with Crippen LogP contribution in [0.3, 0.4) is 0 Å². The monoisotopic (exact) mass is 416 g/mol. The molecule has 1 nitrogen and oxygen atoms in total. The zero-order valence-electron chi connectivity index (χ0n) is 15.6. The molecule has 1 rings (SSSR count). The SMILES string of the molecule is CC(C)c1cc(C(C)C)c(OSC(F)C(F)(F)C(F)(F)S)c(C(C)C)c1. The molecule has 150 valence electrons. The predicted octanol–water partition coefficient (Wildman–Crippen LogP) is 7.54. The lowest BCUT2D eigenvalue weighted by atomic mass is 9.88. The summed E-state index contributed by atoms with van der Waals surface area (Å²) in [5, 5.41) is -4.79. The third kappa shape index (κ3) is 5.21. The Morgan fingerprint density at radius 2 is 1.31 bits per heavy atom. The van der Waals surface area contributed by atoms with Crippen molar-refractivity contribution in [1.82, 2.24) is 0 Å².